The van der Waals surface area contributed by atoms with Crippen molar-refractivity contribution in [3.05, 3.63) is 145 Å². The number of hydrogen-bond acceptors (Lipinski definition) is 3. The Labute approximate surface area is 257 Å². The van der Waals surface area contributed by atoms with Crippen molar-refractivity contribution >= 4 is 50.8 Å². The van der Waals surface area contributed by atoms with Gasteiger partial charge in [0.25, 0.3) is 11.4 Å². The second-order valence-electron chi connectivity index (χ2n) is 9.65. The van der Waals surface area contributed by atoms with Crippen LogP contribution in [0, 0.1) is 19.1 Å². The fourth-order valence-corrected chi connectivity index (χ4v) is 4.86. The average molecular weight is 721 g/mol. The molecule has 1 aliphatic rings. The molecule has 0 atom stereocenters. The minimum Gasteiger partial charge on any atom is -0.502 e. The molecule has 0 unspecified atom stereocenters. The maximum absolute atomic E-state index is 5.84. The summed E-state index contributed by atoms with van der Waals surface area (Å²) in [5.41, 5.74) is 8.75. The molecule has 0 saturated heterocycles. The average Bonchev–Trinajstić information content (AvgIpc) is 3.61. The van der Waals surface area contributed by atoms with E-state index < -0.39 is 0 Å². The number of rotatable bonds is 3. The van der Waals surface area contributed by atoms with Crippen LogP contribution >= 0.6 is 0 Å². The summed E-state index contributed by atoms with van der Waals surface area (Å²) in [5.74, 6) is 0. The van der Waals surface area contributed by atoms with Gasteiger partial charge in [0.15, 0.2) is 0 Å². The van der Waals surface area contributed by atoms with E-state index in [1.165, 1.54) is 5.56 Å². The number of para-hydroxylation sites is 3. The molecule has 8 rings (SSSR count). The number of nitrogens with zero attached hydrogens (tertiary/aromatic N) is 4. The van der Waals surface area contributed by atoms with Crippen LogP contribution in [0.5, 0.6) is 0 Å². The fraction of sp³-hybridized carbons (Fsp3) is 0.0278. The molecule has 0 N–H and O–H groups in total. The van der Waals surface area contributed by atoms with E-state index in [0.717, 1.165) is 50.4 Å². The van der Waals surface area contributed by atoms with Gasteiger partial charge >= 0.3 is 6.01 Å². The van der Waals surface area contributed by atoms with Gasteiger partial charge in [0.05, 0.1) is 0 Å². The Kier molecular flexibility index (Phi) is 7.68. The topological polar surface area (TPSA) is 44.9 Å². The molecule has 4 heterocycles. The minimum atomic E-state index is 0. The predicted molar refractivity (Wildman–Crippen MR) is 164 cm³/mol. The largest absolute Gasteiger partial charge is 0.502 e. The fourth-order valence-electron chi connectivity index (χ4n) is 4.86. The Bertz CT molecular complexity index is 2080. The standard InChI is InChI=1S/C24H14N3O.C12H10N.Ir/c1-2-7-17(8-3-1)26-16-27(22-11-5-4-10-21(22)26)18-12-13-23-20(15-18)19-9-6-14-25-24(19)28-23;1-10-7-8-12(13-9-10)11-5-3-2-4-6-11;/h1-11,13-15H;2-5,7-9H,1H3;/q+1;-1;. The summed E-state index contributed by atoms with van der Waals surface area (Å²) in [7, 11) is 0. The molecule has 0 aliphatic carbocycles. The Hall–Kier alpha value is -4.99. The number of furan rings is 1. The van der Waals surface area contributed by atoms with Crippen molar-refractivity contribution in [2.45, 2.75) is 6.92 Å². The first kappa shape index (κ1) is 27.2. The molecule has 0 bridgehead atoms. The van der Waals surface area contributed by atoms with E-state index in [2.05, 4.69) is 69.1 Å². The molecule has 0 saturated carbocycles. The normalized spacial score (nSPS) is 11.6. The summed E-state index contributed by atoms with van der Waals surface area (Å²) in [4.78, 5) is 8.63. The second kappa shape index (κ2) is 11.9. The van der Waals surface area contributed by atoms with Crippen LogP contribution in [0.25, 0.3) is 33.3 Å². The Morgan fingerprint density at radius 3 is 2.29 bits per heavy atom. The Morgan fingerprint density at radius 1 is 0.738 bits per heavy atom. The van der Waals surface area contributed by atoms with Crippen molar-refractivity contribution in [2.24, 2.45) is 0 Å². The summed E-state index contributed by atoms with van der Waals surface area (Å²) in [6.45, 7) is 2.03. The van der Waals surface area contributed by atoms with E-state index in [4.69, 9.17) is 4.42 Å². The smallest absolute Gasteiger partial charge is 0.501 e. The number of benzene rings is 4. The Balaban J connectivity index is 0.000000191. The van der Waals surface area contributed by atoms with Crippen molar-refractivity contribution in [3.8, 4) is 11.3 Å². The van der Waals surface area contributed by atoms with Gasteiger partial charge in [-0.1, -0.05) is 58.5 Å². The first-order valence-corrected chi connectivity index (χ1v) is 13.3. The minimum absolute atomic E-state index is 0. The maximum atomic E-state index is 5.84. The number of hydrogen-bond donors (Lipinski definition) is 0. The van der Waals surface area contributed by atoms with Crippen molar-refractivity contribution < 1.29 is 24.5 Å². The van der Waals surface area contributed by atoms with Gasteiger partial charge < -0.3 is 9.40 Å². The first-order valence-electron chi connectivity index (χ1n) is 13.3. The quantitative estimate of drug-likeness (QED) is 0.136. The van der Waals surface area contributed by atoms with Crippen LogP contribution in [0.3, 0.4) is 0 Å². The number of fused-ring (bicyclic) bond motifs is 4. The molecule has 7 aromatic rings. The summed E-state index contributed by atoms with van der Waals surface area (Å²) in [6, 6.07) is 48.3. The molecular weight excluding hydrogens is 697 g/mol. The number of aromatic nitrogens is 2. The van der Waals surface area contributed by atoms with Crippen LogP contribution in [0.15, 0.2) is 132 Å². The molecule has 42 heavy (non-hydrogen) atoms. The van der Waals surface area contributed by atoms with Crippen LogP contribution in [-0.4, -0.2) is 16.0 Å². The van der Waals surface area contributed by atoms with E-state index in [-0.39, 0.29) is 20.1 Å². The maximum Gasteiger partial charge on any atom is 0.501 e. The van der Waals surface area contributed by atoms with Gasteiger partial charge in [-0.3, -0.25) is 0 Å². The first-order chi connectivity index (χ1) is 20.2. The number of pyridine rings is 2. The predicted octanol–water partition coefficient (Wildman–Crippen LogP) is 8.49. The van der Waals surface area contributed by atoms with Gasteiger partial charge in [-0.2, -0.15) is 0 Å². The van der Waals surface area contributed by atoms with Crippen molar-refractivity contribution in [3.63, 3.8) is 0 Å². The van der Waals surface area contributed by atoms with E-state index >= 15 is 0 Å². The molecule has 6 heteroatoms. The molecule has 0 spiro atoms. The summed E-state index contributed by atoms with van der Waals surface area (Å²) >= 11 is 0. The van der Waals surface area contributed by atoms with Crippen molar-refractivity contribution in [2.75, 3.05) is 0 Å². The molecule has 4 aromatic carbocycles. The summed E-state index contributed by atoms with van der Waals surface area (Å²) in [5, 5.41) is 2.02. The van der Waals surface area contributed by atoms with Gasteiger partial charge in [0.2, 0.25) is 11.4 Å². The number of aryl methyl sites for hydroxylation is 1. The van der Waals surface area contributed by atoms with Crippen molar-refractivity contribution in [1.82, 2.24) is 19.1 Å². The van der Waals surface area contributed by atoms with E-state index in [9.17, 15) is 0 Å². The van der Waals surface area contributed by atoms with Gasteiger partial charge in [-0.05, 0) is 34.9 Å². The van der Waals surface area contributed by atoms with Crippen LogP contribution in [0.2, 0.25) is 0 Å². The molecule has 1 radical (unpaired) electrons. The van der Waals surface area contributed by atoms with Crippen LogP contribution < -0.4 is 9.15 Å². The zero-order chi connectivity index (χ0) is 27.6. The third kappa shape index (κ3) is 5.23. The van der Waals surface area contributed by atoms with Crippen LogP contribution in [0.1, 0.15) is 5.56 Å². The summed E-state index contributed by atoms with van der Waals surface area (Å²) in [6.07, 6.45) is 3.61. The van der Waals surface area contributed by atoms with Crippen LogP contribution in [0.4, 0.5) is 22.7 Å². The van der Waals surface area contributed by atoms with Gasteiger partial charge in [-0.15, -0.1) is 48.0 Å². The second-order valence-corrected chi connectivity index (χ2v) is 9.65. The van der Waals surface area contributed by atoms with Crippen LogP contribution in [-0.2, 0) is 20.1 Å². The third-order valence-electron chi connectivity index (χ3n) is 6.88. The zero-order valence-electron chi connectivity index (χ0n) is 22.7. The molecule has 0 fully saturated rings. The third-order valence-corrected chi connectivity index (χ3v) is 6.88. The SMILES string of the molecule is C1=[N+](c2[c-]cc3oc4ncccc4c3c2)c2ccccc2[N+]=1c1ccccc1.Cc1ccc(-c2[c-]cccc2)nc1.[Ir]. The van der Waals surface area contributed by atoms with E-state index in [1.807, 2.05) is 96.6 Å². The van der Waals surface area contributed by atoms with Gasteiger partial charge in [0.1, 0.15) is 5.69 Å². The van der Waals surface area contributed by atoms with Gasteiger partial charge in [-0.25, -0.2) is 4.98 Å². The molecule has 0 amide bonds. The Morgan fingerprint density at radius 2 is 1.52 bits per heavy atom. The molecule has 5 nitrogen and oxygen atoms in total. The molecular formula is C36H24IrN4O. The van der Waals surface area contributed by atoms with E-state index in [0.29, 0.717) is 5.71 Å². The van der Waals surface area contributed by atoms with Gasteiger partial charge in [0, 0.05) is 67.7 Å². The van der Waals surface area contributed by atoms with E-state index in [1.54, 1.807) is 6.20 Å². The molecule has 203 valence electrons. The monoisotopic (exact) mass is 721 g/mol. The zero-order valence-corrected chi connectivity index (χ0v) is 25.0. The molecule has 3 aromatic heterocycles. The van der Waals surface area contributed by atoms with Crippen molar-refractivity contribution in [1.29, 1.82) is 0 Å². The summed E-state index contributed by atoms with van der Waals surface area (Å²) < 4.78 is 9.95. The molecule has 1 aliphatic heterocycles.